The smallest absolute Gasteiger partial charge is 0.357 e. The number of thiophene rings is 1. The van der Waals surface area contributed by atoms with Crippen LogP contribution in [0.4, 0.5) is 5.69 Å². The number of ether oxygens (including phenoxy) is 2. The molecule has 242 valence electrons. The fraction of sp³-hybridized carbons (Fsp3) is 0.286. The number of methoxy groups -OCH3 is 1. The number of rotatable bonds is 7. The summed E-state index contributed by atoms with van der Waals surface area (Å²) in [7, 11) is 1.22. The van der Waals surface area contributed by atoms with Crippen LogP contribution in [0.25, 0.3) is 21.6 Å². The number of hydrogen-bond donors (Lipinski definition) is 3. The predicted octanol–water partition coefficient (Wildman–Crippen LogP) is 4.62. The molecule has 0 bridgehead atoms. The van der Waals surface area contributed by atoms with Gasteiger partial charge in [0.25, 0.3) is 11.8 Å². The number of anilines is 1. The van der Waals surface area contributed by atoms with E-state index in [2.05, 4.69) is 16.4 Å². The van der Waals surface area contributed by atoms with Gasteiger partial charge < -0.3 is 31.2 Å². The monoisotopic (exact) mass is 653 g/mol. The molecule has 0 spiro atoms. The average Bonchev–Trinajstić information content (AvgIpc) is 3.72. The Balaban J connectivity index is 1.51. The summed E-state index contributed by atoms with van der Waals surface area (Å²) >= 11 is 1.56. The van der Waals surface area contributed by atoms with Crippen LogP contribution in [-0.2, 0) is 22.5 Å². The molecule has 0 saturated carbocycles. The molecule has 6 rings (SSSR count). The van der Waals surface area contributed by atoms with Gasteiger partial charge in [-0.05, 0) is 84.7 Å². The molecule has 5 N–H and O–H groups in total. The Bertz CT molecular complexity index is 1910. The number of carbonyl (C=O) groups is 4. The number of carbonyl (C=O) groups excluding carboxylic acids is 4. The number of fused-ring (bicyclic) bond motifs is 3. The molecule has 1 fully saturated rings. The van der Waals surface area contributed by atoms with Crippen molar-refractivity contribution in [1.29, 1.82) is 0 Å². The lowest BCUT2D eigenvalue weighted by Crippen LogP contribution is -2.44. The van der Waals surface area contributed by atoms with Gasteiger partial charge in [-0.3, -0.25) is 14.4 Å². The van der Waals surface area contributed by atoms with E-state index in [1.54, 1.807) is 29.5 Å². The van der Waals surface area contributed by atoms with Gasteiger partial charge in [0.15, 0.2) is 5.69 Å². The maximum absolute atomic E-state index is 14.3. The van der Waals surface area contributed by atoms with E-state index < -0.39 is 29.7 Å². The van der Waals surface area contributed by atoms with E-state index >= 15 is 0 Å². The van der Waals surface area contributed by atoms with Gasteiger partial charge in [0.2, 0.25) is 5.91 Å². The van der Waals surface area contributed by atoms with Crippen LogP contribution >= 0.6 is 11.3 Å². The van der Waals surface area contributed by atoms with E-state index in [1.165, 1.54) is 18.1 Å². The first-order chi connectivity index (χ1) is 22.6. The Morgan fingerprint density at radius 2 is 1.83 bits per heavy atom. The van der Waals surface area contributed by atoms with Crippen molar-refractivity contribution in [2.75, 3.05) is 25.6 Å². The lowest BCUT2D eigenvalue weighted by Gasteiger charge is -2.22. The zero-order valence-corrected chi connectivity index (χ0v) is 27.2. The van der Waals surface area contributed by atoms with E-state index in [1.807, 2.05) is 31.4 Å². The highest BCUT2D eigenvalue weighted by molar-refractivity contribution is 7.13. The molecule has 3 amide bonds. The van der Waals surface area contributed by atoms with Crippen LogP contribution in [0.3, 0.4) is 0 Å². The minimum absolute atomic E-state index is 0.0474. The number of pyridine rings is 1. The Morgan fingerprint density at radius 3 is 2.53 bits per heavy atom. The molecule has 2 aliphatic rings. The molecule has 0 unspecified atom stereocenters. The second-order valence-corrected chi connectivity index (χ2v) is 12.6. The van der Waals surface area contributed by atoms with Gasteiger partial charge in [-0.1, -0.05) is 12.1 Å². The van der Waals surface area contributed by atoms with Crippen molar-refractivity contribution in [2.45, 2.75) is 45.7 Å². The minimum Gasteiger partial charge on any atom is -0.493 e. The molecule has 4 heterocycles. The first kappa shape index (κ1) is 31.9. The number of nitrogens with two attached hydrogens (primary N) is 2. The standard InChI is InChI=1S/C35H35N5O6S/c1-18-13-20(17-36)14-19(2)29(18)39-33(42)24-15-25-28(46-11-8-21-9-12-47-31(21)25)16-23(24)22-6-7-26(38-30(22)35(44)45-3)34(43)40-10-4-5-27(40)32(37)41/h6-7,9,12-16,27H,4-5,8,10-11,17,36H2,1-3H3,(H2,37,41)(H,39,42)/t27-/m0/s1. The van der Waals surface area contributed by atoms with Gasteiger partial charge in [-0.2, -0.15) is 0 Å². The number of esters is 1. The predicted molar refractivity (Wildman–Crippen MR) is 179 cm³/mol. The Morgan fingerprint density at radius 1 is 1.06 bits per heavy atom. The zero-order chi connectivity index (χ0) is 33.4. The normalized spacial score (nSPS) is 15.2. The number of aromatic nitrogens is 1. The van der Waals surface area contributed by atoms with Crippen LogP contribution in [0.15, 0.2) is 47.8 Å². The van der Waals surface area contributed by atoms with E-state index in [9.17, 15) is 19.2 Å². The van der Waals surface area contributed by atoms with Crippen molar-refractivity contribution < 1.29 is 28.7 Å². The number of likely N-dealkylation sites (tertiary alicyclic amines) is 1. The molecule has 47 heavy (non-hydrogen) atoms. The van der Waals surface area contributed by atoms with E-state index in [0.29, 0.717) is 56.0 Å². The fourth-order valence-corrected chi connectivity index (χ4v) is 7.35. The average molecular weight is 654 g/mol. The topological polar surface area (TPSA) is 167 Å². The molecule has 0 radical (unpaired) electrons. The lowest BCUT2D eigenvalue weighted by molar-refractivity contribution is -0.121. The molecule has 1 atom stereocenters. The molecule has 2 aliphatic heterocycles. The summed E-state index contributed by atoms with van der Waals surface area (Å²) in [6.45, 7) is 4.95. The van der Waals surface area contributed by atoms with Crippen molar-refractivity contribution in [2.24, 2.45) is 11.5 Å². The van der Waals surface area contributed by atoms with Crippen molar-refractivity contribution in [3.63, 3.8) is 0 Å². The Kier molecular flexibility index (Phi) is 8.80. The first-order valence-electron chi connectivity index (χ1n) is 15.3. The number of nitrogens with zero attached hydrogens (tertiary/aromatic N) is 2. The fourth-order valence-electron chi connectivity index (χ4n) is 6.38. The van der Waals surface area contributed by atoms with Crippen LogP contribution in [0, 0.1) is 13.8 Å². The van der Waals surface area contributed by atoms with Gasteiger partial charge in [-0.25, -0.2) is 9.78 Å². The molecule has 1 saturated heterocycles. The third-order valence-electron chi connectivity index (χ3n) is 8.68. The third-order valence-corrected chi connectivity index (χ3v) is 9.67. The van der Waals surface area contributed by atoms with Crippen LogP contribution in [0.1, 0.15) is 66.4 Å². The van der Waals surface area contributed by atoms with Crippen molar-refractivity contribution in [1.82, 2.24) is 9.88 Å². The summed E-state index contributed by atoms with van der Waals surface area (Å²) in [5.41, 5.74) is 17.3. The van der Waals surface area contributed by atoms with Crippen LogP contribution in [0.5, 0.6) is 5.75 Å². The van der Waals surface area contributed by atoms with Gasteiger partial charge >= 0.3 is 5.97 Å². The van der Waals surface area contributed by atoms with Crippen molar-refractivity contribution in [3.8, 4) is 27.3 Å². The lowest BCUT2D eigenvalue weighted by atomic mass is 9.93. The zero-order valence-electron chi connectivity index (χ0n) is 26.3. The first-order valence-corrected chi connectivity index (χ1v) is 16.2. The van der Waals surface area contributed by atoms with Crippen LogP contribution in [-0.4, -0.2) is 59.9 Å². The van der Waals surface area contributed by atoms with Gasteiger partial charge in [-0.15, -0.1) is 11.3 Å². The summed E-state index contributed by atoms with van der Waals surface area (Å²) in [5, 5.41) is 5.09. The van der Waals surface area contributed by atoms with Crippen molar-refractivity contribution in [3.05, 3.63) is 87.0 Å². The highest BCUT2D eigenvalue weighted by Crippen LogP contribution is 2.43. The molecule has 2 aromatic carbocycles. The van der Waals surface area contributed by atoms with Crippen LogP contribution < -0.4 is 21.5 Å². The van der Waals surface area contributed by atoms with Gasteiger partial charge in [0, 0.05) is 52.3 Å². The third kappa shape index (κ3) is 5.97. The molecule has 12 heteroatoms. The quantitative estimate of drug-likeness (QED) is 0.243. The van der Waals surface area contributed by atoms with Crippen molar-refractivity contribution >= 4 is 40.7 Å². The summed E-state index contributed by atoms with van der Waals surface area (Å²) in [6.07, 6.45) is 1.77. The van der Waals surface area contributed by atoms with E-state index in [0.717, 1.165) is 32.7 Å². The molecule has 11 nitrogen and oxygen atoms in total. The molecular formula is C35H35N5O6S. The second-order valence-electron chi connectivity index (χ2n) is 11.7. The SMILES string of the molecule is COC(=O)c1nc(C(=O)N2CCC[C@H]2C(N)=O)ccc1-c1cc2c(cc1C(=O)Nc1c(C)cc(CN)cc1C)-c1sccc1CCO2. The number of benzene rings is 2. The summed E-state index contributed by atoms with van der Waals surface area (Å²) in [6, 6.07) is 11.7. The Labute approximate surface area is 275 Å². The molecule has 2 aromatic heterocycles. The van der Waals surface area contributed by atoms with E-state index in [4.69, 9.17) is 20.9 Å². The number of primary amides is 1. The Hall–Kier alpha value is -5.07. The number of amides is 3. The largest absolute Gasteiger partial charge is 0.493 e. The van der Waals surface area contributed by atoms with E-state index in [-0.39, 0.29) is 22.5 Å². The number of aryl methyl sites for hydroxylation is 2. The summed E-state index contributed by atoms with van der Waals surface area (Å²) in [4.78, 5) is 59.8. The van der Waals surface area contributed by atoms with Gasteiger partial charge in [0.1, 0.15) is 17.5 Å². The molecule has 0 aliphatic carbocycles. The number of nitrogens with one attached hydrogen (secondary N) is 1. The second kappa shape index (κ2) is 13.0. The minimum atomic E-state index is -0.797. The molecule has 4 aromatic rings. The van der Waals surface area contributed by atoms with Gasteiger partial charge in [0.05, 0.1) is 13.7 Å². The highest BCUT2D eigenvalue weighted by Gasteiger charge is 2.35. The van der Waals surface area contributed by atoms with Crippen LogP contribution in [0.2, 0.25) is 0 Å². The molecular weight excluding hydrogens is 618 g/mol. The maximum Gasteiger partial charge on any atom is 0.357 e. The highest BCUT2D eigenvalue weighted by atomic mass is 32.1. The summed E-state index contributed by atoms with van der Waals surface area (Å²) < 4.78 is 11.3. The number of hydrogen-bond acceptors (Lipinski definition) is 9. The summed E-state index contributed by atoms with van der Waals surface area (Å²) in [5.74, 6) is -1.78. The maximum atomic E-state index is 14.3.